The van der Waals surface area contributed by atoms with E-state index in [-0.39, 0.29) is 0 Å². The molecule has 1 aliphatic rings. The summed E-state index contributed by atoms with van der Waals surface area (Å²) in [5, 5.41) is 4.11. The van der Waals surface area contributed by atoms with Crippen LogP contribution in [0.3, 0.4) is 0 Å². The number of aromatic nitrogens is 1. The van der Waals surface area contributed by atoms with Gasteiger partial charge in [-0.05, 0) is 24.7 Å². The molecule has 0 radical (unpaired) electrons. The summed E-state index contributed by atoms with van der Waals surface area (Å²) in [6.45, 7) is 0. The van der Waals surface area contributed by atoms with Gasteiger partial charge in [-0.3, -0.25) is 0 Å². The van der Waals surface area contributed by atoms with Gasteiger partial charge in [-0.15, -0.1) is 11.3 Å². The number of benzene rings is 1. The standard InChI is InChI=1S/C14H14BrNS2/c15-11-6-2-1-5-10(11)12-9-18-14(16-12)13-7-3-4-8-17-13/h1-2,5-6,9,13H,3-4,7-8H2. The van der Waals surface area contributed by atoms with Gasteiger partial charge in [0.15, 0.2) is 0 Å². The fourth-order valence-corrected chi connectivity index (χ4v) is 5.04. The molecule has 0 bridgehead atoms. The van der Waals surface area contributed by atoms with Crippen LogP contribution in [0.1, 0.15) is 29.5 Å². The average Bonchev–Trinajstić information content (AvgIpc) is 2.90. The average molecular weight is 340 g/mol. The summed E-state index contributed by atoms with van der Waals surface area (Å²) in [5.41, 5.74) is 2.30. The van der Waals surface area contributed by atoms with E-state index in [9.17, 15) is 0 Å². The molecule has 1 atom stereocenters. The summed E-state index contributed by atoms with van der Waals surface area (Å²) in [4.78, 5) is 4.83. The minimum atomic E-state index is 0.625. The zero-order chi connectivity index (χ0) is 12.4. The number of rotatable bonds is 2. The molecule has 1 aromatic heterocycles. The monoisotopic (exact) mass is 339 g/mol. The molecule has 1 fully saturated rings. The number of thioether (sulfide) groups is 1. The van der Waals surface area contributed by atoms with Crippen molar-refractivity contribution in [1.82, 2.24) is 4.98 Å². The third kappa shape index (κ3) is 2.65. The Morgan fingerprint density at radius 1 is 1.22 bits per heavy atom. The lowest BCUT2D eigenvalue weighted by atomic mass is 10.2. The number of halogens is 1. The molecule has 0 N–H and O–H groups in total. The topological polar surface area (TPSA) is 12.9 Å². The first-order valence-electron chi connectivity index (χ1n) is 6.16. The molecule has 2 heterocycles. The molecule has 94 valence electrons. The van der Waals surface area contributed by atoms with Crippen LogP contribution in [0, 0.1) is 0 Å². The highest BCUT2D eigenvalue weighted by Gasteiger charge is 2.19. The molecule has 4 heteroatoms. The van der Waals surface area contributed by atoms with E-state index >= 15 is 0 Å². The molecule has 0 aliphatic carbocycles. The number of nitrogens with zero attached hydrogens (tertiary/aromatic N) is 1. The van der Waals surface area contributed by atoms with Crippen molar-refractivity contribution in [3.8, 4) is 11.3 Å². The van der Waals surface area contributed by atoms with Crippen molar-refractivity contribution < 1.29 is 0 Å². The van der Waals surface area contributed by atoms with Gasteiger partial charge in [0, 0.05) is 15.4 Å². The summed E-state index contributed by atoms with van der Waals surface area (Å²) in [7, 11) is 0. The predicted octanol–water partition coefficient (Wildman–Crippen LogP) is 5.53. The molecule has 3 rings (SSSR count). The van der Waals surface area contributed by atoms with Gasteiger partial charge in [0.2, 0.25) is 0 Å². The highest BCUT2D eigenvalue weighted by molar-refractivity contribution is 9.10. The number of thiazole rings is 1. The Morgan fingerprint density at radius 3 is 2.89 bits per heavy atom. The normalized spacial score (nSPS) is 19.9. The van der Waals surface area contributed by atoms with Gasteiger partial charge in [-0.2, -0.15) is 11.8 Å². The van der Waals surface area contributed by atoms with E-state index in [0.717, 1.165) is 10.2 Å². The third-order valence-electron chi connectivity index (χ3n) is 3.13. The highest BCUT2D eigenvalue weighted by Crippen LogP contribution is 2.41. The maximum Gasteiger partial charge on any atom is 0.106 e. The molecule has 1 nitrogen and oxygen atoms in total. The van der Waals surface area contributed by atoms with Crippen LogP contribution < -0.4 is 0 Å². The van der Waals surface area contributed by atoms with Gasteiger partial charge in [-0.25, -0.2) is 4.98 Å². The Hall–Kier alpha value is -0.320. The molecule has 0 saturated carbocycles. The number of hydrogen-bond donors (Lipinski definition) is 0. The summed E-state index contributed by atoms with van der Waals surface area (Å²) in [5.74, 6) is 1.29. The van der Waals surface area contributed by atoms with E-state index in [4.69, 9.17) is 4.98 Å². The maximum absolute atomic E-state index is 4.83. The van der Waals surface area contributed by atoms with Crippen molar-refractivity contribution in [2.45, 2.75) is 24.5 Å². The fourth-order valence-electron chi connectivity index (χ4n) is 2.16. The molecule has 1 saturated heterocycles. The third-order valence-corrected chi connectivity index (χ3v) is 6.31. The van der Waals surface area contributed by atoms with Crippen LogP contribution in [-0.2, 0) is 0 Å². The minimum Gasteiger partial charge on any atom is -0.240 e. The second-order valence-corrected chi connectivity index (χ2v) is 7.46. The lowest BCUT2D eigenvalue weighted by Crippen LogP contribution is -2.01. The predicted molar refractivity (Wildman–Crippen MR) is 84.3 cm³/mol. The van der Waals surface area contributed by atoms with Gasteiger partial charge in [-0.1, -0.05) is 40.5 Å². The van der Waals surface area contributed by atoms with Crippen LogP contribution in [0.4, 0.5) is 0 Å². The summed E-state index contributed by atoms with van der Waals surface area (Å²) < 4.78 is 1.12. The first kappa shape index (κ1) is 12.7. The van der Waals surface area contributed by atoms with Crippen molar-refractivity contribution in [2.24, 2.45) is 0 Å². The van der Waals surface area contributed by atoms with Crippen LogP contribution in [0.5, 0.6) is 0 Å². The van der Waals surface area contributed by atoms with Crippen molar-refractivity contribution >= 4 is 39.0 Å². The fraction of sp³-hybridized carbons (Fsp3) is 0.357. The first-order valence-corrected chi connectivity index (χ1v) is 8.88. The second-order valence-electron chi connectivity index (χ2n) is 4.41. The molecular formula is C14H14BrNS2. The van der Waals surface area contributed by atoms with Crippen LogP contribution in [0.25, 0.3) is 11.3 Å². The smallest absolute Gasteiger partial charge is 0.106 e. The van der Waals surface area contributed by atoms with Crippen molar-refractivity contribution in [3.63, 3.8) is 0 Å². The van der Waals surface area contributed by atoms with Crippen LogP contribution >= 0.6 is 39.0 Å². The van der Waals surface area contributed by atoms with Crippen LogP contribution in [0.2, 0.25) is 0 Å². The SMILES string of the molecule is Brc1ccccc1-c1csc(C2CCCCS2)n1. The van der Waals surface area contributed by atoms with E-state index < -0.39 is 0 Å². The molecule has 0 spiro atoms. The molecule has 1 aromatic carbocycles. The Balaban J connectivity index is 1.87. The van der Waals surface area contributed by atoms with E-state index in [1.807, 2.05) is 6.07 Å². The minimum absolute atomic E-state index is 0.625. The molecular weight excluding hydrogens is 326 g/mol. The quantitative estimate of drug-likeness (QED) is 0.713. The Kier molecular flexibility index (Phi) is 4.07. The zero-order valence-corrected chi connectivity index (χ0v) is 13.2. The van der Waals surface area contributed by atoms with Crippen molar-refractivity contribution in [2.75, 3.05) is 5.75 Å². The van der Waals surface area contributed by atoms with Crippen LogP contribution in [-0.4, -0.2) is 10.7 Å². The van der Waals surface area contributed by atoms with Gasteiger partial charge >= 0.3 is 0 Å². The Morgan fingerprint density at radius 2 is 2.11 bits per heavy atom. The summed E-state index contributed by atoms with van der Waals surface area (Å²) in [6, 6.07) is 8.30. The van der Waals surface area contributed by atoms with Crippen LogP contribution in [0.15, 0.2) is 34.1 Å². The summed E-state index contributed by atoms with van der Waals surface area (Å²) in [6.07, 6.45) is 4.00. The maximum atomic E-state index is 4.83. The van der Waals surface area contributed by atoms with E-state index in [1.54, 1.807) is 11.3 Å². The molecule has 1 unspecified atom stereocenters. The largest absolute Gasteiger partial charge is 0.240 e. The van der Waals surface area contributed by atoms with Crippen molar-refractivity contribution in [3.05, 3.63) is 39.1 Å². The van der Waals surface area contributed by atoms with E-state index in [2.05, 4.69) is 51.3 Å². The van der Waals surface area contributed by atoms with E-state index in [1.165, 1.54) is 35.6 Å². The lowest BCUT2D eigenvalue weighted by molar-refractivity contribution is 0.684. The highest BCUT2D eigenvalue weighted by atomic mass is 79.9. The number of hydrogen-bond acceptors (Lipinski definition) is 3. The second kappa shape index (κ2) is 5.76. The molecule has 1 aliphatic heterocycles. The van der Waals surface area contributed by atoms with Gasteiger partial charge in [0.25, 0.3) is 0 Å². The zero-order valence-electron chi connectivity index (χ0n) is 9.93. The molecule has 2 aromatic rings. The Bertz CT molecular complexity index is 532. The van der Waals surface area contributed by atoms with E-state index in [0.29, 0.717) is 5.25 Å². The molecule has 18 heavy (non-hydrogen) atoms. The first-order chi connectivity index (χ1) is 8.84. The van der Waals surface area contributed by atoms with Gasteiger partial charge < -0.3 is 0 Å². The Labute approximate surface area is 124 Å². The van der Waals surface area contributed by atoms with Gasteiger partial charge in [0.05, 0.1) is 10.9 Å². The summed E-state index contributed by atoms with van der Waals surface area (Å²) >= 11 is 7.47. The lowest BCUT2D eigenvalue weighted by Gasteiger charge is -2.18. The van der Waals surface area contributed by atoms with Crippen molar-refractivity contribution in [1.29, 1.82) is 0 Å². The van der Waals surface area contributed by atoms with Gasteiger partial charge in [0.1, 0.15) is 5.01 Å². The molecule has 0 amide bonds.